The Hall–Kier alpha value is -2.60. The zero-order valence-corrected chi connectivity index (χ0v) is 14.3. The lowest BCUT2D eigenvalue weighted by atomic mass is 9.99. The van der Waals surface area contributed by atoms with Crippen molar-refractivity contribution >= 4 is 6.08 Å². The molecule has 0 aromatic heterocycles. The first-order chi connectivity index (χ1) is 11.8. The molecule has 0 heterocycles. The van der Waals surface area contributed by atoms with Gasteiger partial charge in [-0.3, -0.25) is 0 Å². The maximum Gasteiger partial charge on any atom is -0.00258 e. The summed E-state index contributed by atoms with van der Waals surface area (Å²) in [5, 5.41) is 0. The van der Waals surface area contributed by atoms with Crippen molar-refractivity contribution in [2.24, 2.45) is 0 Å². The van der Waals surface area contributed by atoms with Crippen LogP contribution in [0.3, 0.4) is 0 Å². The molecule has 0 fully saturated rings. The molecule has 0 aliphatic carbocycles. The SMILES string of the molecule is C=Cc1ccc(Cc2ccc(Cc3ccc(CC)cc3)cc2)cc1. The molecule has 3 aromatic rings. The van der Waals surface area contributed by atoms with Gasteiger partial charge in [0.2, 0.25) is 0 Å². The van der Waals surface area contributed by atoms with Crippen LogP contribution in [0.25, 0.3) is 6.08 Å². The summed E-state index contributed by atoms with van der Waals surface area (Å²) < 4.78 is 0. The molecule has 0 radical (unpaired) electrons. The second kappa shape index (κ2) is 7.79. The van der Waals surface area contributed by atoms with E-state index in [1.165, 1.54) is 33.4 Å². The highest BCUT2D eigenvalue weighted by Crippen LogP contribution is 2.15. The molecule has 3 rings (SSSR count). The molecule has 0 spiro atoms. The van der Waals surface area contributed by atoms with E-state index in [4.69, 9.17) is 0 Å². The molecule has 24 heavy (non-hydrogen) atoms. The van der Waals surface area contributed by atoms with E-state index in [1.807, 2.05) is 6.08 Å². The maximum absolute atomic E-state index is 3.80. The van der Waals surface area contributed by atoms with Gasteiger partial charge >= 0.3 is 0 Å². The summed E-state index contributed by atoms with van der Waals surface area (Å²) >= 11 is 0. The molecule has 0 saturated heterocycles. The van der Waals surface area contributed by atoms with Gasteiger partial charge in [-0.1, -0.05) is 92.4 Å². The van der Waals surface area contributed by atoms with Crippen molar-refractivity contribution in [1.82, 2.24) is 0 Å². The van der Waals surface area contributed by atoms with Crippen LogP contribution in [-0.2, 0) is 19.3 Å². The summed E-state index contributed by atoms with van der Waals surface area (Å²) in [7, 11) is 0. The predicted molar refractivity (Wildman–Crippen MR) is 104 cm³/mol. The number of rotatable bonds is 6. The van der Waals surface area contributed by atoms with Gasteiger partial charge in [0, 0.05) is 0 Å². The quantitative estimate of drug-likeness (QED) is 0.518. The Morgan fingerprint density at radius 3 is 1.25 bits per heavy atom. The standard InChI is InChI=1S/C24H24/c1-3-19-5-9-21(10-6-19)17-23-13-15-24(16-14-23)18-22-11-7-20(4-2)8-12-22/h3,5-16H,1,4,17-18H2,2H3. The minimum Gasteiger partial charge on any atom is -0.0985 e. The minimum absolute atomic E-state index is 0.975. The fraction of sp³-hybridized carbons (Fsp3) is 0.167. The molecular formula is C24H24. The normalized spacial score (nSPS) is 10.5. The Morgan fingerprint density at radius 2 is 0.917 bits per heavy atom. The van der Waals surface area contributed by atoms with E-state index in [0.29, 0.717) is 0 Å². The molecule has 0 saturated carbocycles. The molecule has 0 bridgehead atoms. The molecule has 0 nitrogen and oxygen atoms in total. The number of benzene rings is 3. The third kappa shape index (κ3) is 4.23. The van der Waals surface area contributed by atoms with Crippen LogP contribution in [0.2, 0.25) is 0 Å². The van der Waals surface area contributed by atoms with E-state index in [2.05, 4.69) is 86.3 Å². The molecule has 0 aliphatic rings. The molecule has 0 unspecified atom stereocenters. The van der Waals surface area contributed by atoms with Gasteiger partial charge in [-0.05, 0) is 52.6 Å². The molecule has 0 atom stereocenters. The van der Waals surface area contributed by atoms with E-state index < -0.39 is 0 Å². The first-order valence-corrected chi connectivity index (χ1v) is 8.64. The molecule has 0 amide bonds. The van der Waals surface area contributed by atoms with E-state index in [-0.39, 0.29) is 0 Å². The summed E-state index contributed by atoms with van der Waals surface area (Å²) in [6, 6.07) is 26.6. The van der Waals surface area contributed by atoms with E-state index in [0.717, 1.165) is 19.3 Å². The van der Waals surface area contributed by atoms with Crippen LogP contribution in [0.5, 0.6) is 0 Å². The van der Waals surface area contributed by atoms with Crippen molar-refractivity contribution in [3.8, 4) is 0 Å². The number of hydrogen-bond donors (Lipinski definition) is 0. The van der Waals surface area contributed by atoms with Gasteiger partial charge in [0.05, 0.1) is 0 Å². The van der Waals surface area contributed by atoms with Gasteiger partial charge in [-0.2, -0.15) is 0 Å². The lowest BCUT2D eigenvalue weighted by Gasteiger charge is -2.06. The highest BCUT2D eigenvalue weighted by Gasteiger charge is 2.00. The Bertz CT molecular complexity index is 775. The van der Waals surface area contributed by atoms with Crippen LogP contribution in [0.15, 0.2) is 79.4 Å². The second-order valence-electron chi connectivity index (χ2n) is 6.29. The van der Waals surface area contributed by atoms with Crippen LogP contribution >= 0.6 is 0 Å². The van der Waals surface area contributed by atoms with Crippen molar-refractivity contribution in [1.29, 1.82) is 0 Å². The van der Waals surface area contributed by atoms with Crippen LogP contribution in [0, 0.1) is 0 Å². The lowest BCUT2D eigenvalue weighted by Crippen LogP contribution is -1.92. The van der Waals surface area contributed by atoms with Gasteiger partial charge in [-0.15, -0.1) is 0 Å². The molecular weight excluding hydrogens is 288 g/mol. The molecule has 0 aliphatic heterocycles. The average Bonchev–Trinajstić information content (AvgIpc) is 2.65. The molecule has 3 aromatic carbocycles. The van der Waals surface area contributed by atoms with Gasteiger partial charge in [-0.25, -0.2) is 0 Å². The van der Waals surface area contributed by atoms with Gasteiger partial charge in [0.25, 0.3) is 0 Å². The van der Waals surface area contributed by atoms with Crippen LogP contribution in [0.1, 0.15) is 40.3 Å². The highest BCUT2D eigenvalue weighted by atomic mass is 14.1. The molecule has 0 heteroatoms. The Kier molecular flexibility index (Phi) is 5.28. The van der Waals surface area contributed by atoms with Crippen molar-refractivity contribution in [2.75, 3.05) is 0 Å². The van der Waals surface area contributed by atoms with Crippen LogP contribution in [0.4, 0.5) is 0 Å². The summed E-state index contributed by atoms with van der Waals surface area (Å²) in [6.45, 7) is 5.99. The topological polar surface area (TPSA) is 0 Å². The fourth-order valence-corrected chi connectivity index (χ4v) is 2.91. The Morgan fingerprint density at radius 1 is 0.583 bits per heavy atom. The average molecular weight is 312 g/mol. The Balaban J connectivity index is 1.64. The summed E-state index contributed by atoms with van der Waals surface area (Å²) in [5.74, 6) is 0. The Labute approximate surface area is 145 Å². The monoisotopic (exact) mass is 312 g/mol. The van der Waals surface area contributed by atoms with Crippen LogP contribution < -0.4 is 0 Å². The smallest absolute Gasteiger partial charge is 0.00258 e. The fourth-order valence-electron chi connectivity index (χ4n) is 2.91. The number of aryl methyl sites for hydroxylation is 1. The highest BCUT2D eigenvalue weighted by molar-refractivity contribution is 5.47. The molecule has 120 valence electrons. The van der Waals surface area contributed by atoms with Gasteiger partial charge in [0.1, 0.15) is 0 Å². The van der Waals surface area contributed by atoms with Crippen molar-refractivity contribution in [2.45, 2.75) is 26.2 Å². The van der Waals surface area contributed by atoms with Crippen molar-refractivity contribution in [3.63, 3.8) is 0 Å². The zero-order valence-electron chi connectivity index (χ0n) is 14.3. The zero-order chi connectivity index (χ0) is 16.8. The third-order valence-electron chi connectivity index (χ3n) is 4.49. The predicted octanol–water partition coefficient (Wildman–Crippen LogP) is 6.07. The molecule has 0 N–H and O–H groups in total. The van der Waals surface area contributed by atoms with E-state index in [1.54, 1.807) is 0 Å². The van der Waals surface area contributed by atoms with Crippen molar-refractivity contribution < 1.29 is 0 Å². The third-order valence-corrected chi connectivity index (χ3v) is 4.49. The van der Waals surface area contributed by atoms with Crippen molar-refractivity contribution in [3.05, 3.63) is 113 Å². The number of hydrogen-bond acceptors (Lipinski definition) is 0. The first kappa shape index (κ1) is 16.3. The van der Waals surface area contributed by atoms with Crippen LogP contribution in [-0.4, -0.2) is 0 Å². The summed E-state index contributed by atoms with van der Waals surface area (Å²) in [4.78, 5) is 0. The van der Waals surface area contributed by atoms with E-state index >= 15 is 0 Å². The largest absolute Gasteiger partial charge is 0.0985 e. The maximum atomic E-state index is 3.80. The summed E-state index contributed by atoms with van der Waals surface area (Å²) in [6.07, 6.45) is 4.95. The van der Waals surface area contributed by atoms with E-state index in [9.17, 15) is 0 Å². The van der Waals surface area contributed by atoms with Gasteiger partial charge in [0.15, 0.2) is 0 Å². The second-order valence-corrected chi connectivity index (χ2v) is 6.29. The minimum atomic E-state index is 0.975. The summed E-state index contributed by atoms with van der Waals surface area (Å²) in [5.41, 5.74) is 8.00. The lowest BCUT2D eigenvalue weighted by molar-refractivity contribution is 1.11. The van der Waals surface area contributed by atoms with Gasteiger partial charge < -0.3 is 0 Å². The first-order valence-electron chi connectivity index (χ1n) is 8.64.